The van der Waals surface area contributed by atoms with E-state index in [1.807, 2.05) is 20.8 Å². The molecule has 0 aliphatic heterocycles. The van der Waals surface area contributed by atoms with E-state index in [1.165, 1.54) is 0 Å². The minimum atomic E-state index is -1.26. The molecule has 0 aromatic carbocycles. The van der Waals surface area contributed by atoms with Gasteiger partial charge in [0.1, 0.15) is 0 Å². The maximum atomic E-state index is 12.2. The molecule has 4 nitrogen and oxygen atoms in total. The molecule has 0 fully saturated rings. The first-order chi connectivity index (χ1) is 10.7. The van der Waals surface area contributed by atoms with Crippen molar-refractivity contribution in [1.29, 1.82) is 0 Å². The second-order valence-corrected chi connectivity index (χ2v) is 6.45. The predicted octanol–water partition coefficient (Wildman–Crippen LogP) is 4.79. The van der Waals surface area contributed by atoms with Crippen molar-refractivity contribution in [3.05, 3.63) is 24.8 Å². The third kappa shape index (κ3) is 7.02. The molecule has 0 heterocycles. The fraction of sp³-hybridized carbons (Fsp3) is 0.684. The highest BCUT2D eigenvalue weighted by molar-refractivity contribution is 5.87. The summed E-state index contributed by atoms with van der Waals surface area (Å²) >= 11 is 0. The van der Waals surface area contributed by atoms with Gasteiger partial charge in [0.15, 0.2) is 0 Å². The van der Waals surface area contributed by atoms with E-state index in [-0.39, 0.29) is 17.4 Å². The maximum Gasteiger partial charge on any atom is 0.336 e. The standard InChI is InChI=1S/C19H32O4/c1-8-11-12-16(9-2)19(13-14(4)5,22-17(20)10-3)23-18(21)15(6)7/h10,14,16H,3,6,8-9,11-13H2,1-2,4-5,7H3. The average Bonchev–Trinajstić information content (AvgIpc) is 2.46. The van der Waals surface area contributed by atoms with Gasteiger partial charge in [-0.2, -0.15) is 0 Å². The van der Waals surface area contributed by atoms with Crippen molar-refractivity contribution < 1.29 is 19.1 Å². The zero-order valence-electron chi connectivity index (χ0n) is 15.3. The van der Waals surface area contributed by atoms with Gasteiger partial charge in [-0.15, -0.1) is 0 Å². The highest BCUT2D eigenvalue weighted by atomic mass is 16.7. The molecular weight excluding hydrogens is 292 g/mol. The first-order valence-corrected chi connectivity index (χ1v) is 8.46. The van der Waals surface area contributed by atoms with Crippen LogP contribution in [0.15, 0.2) is 24.8 Å². The number of unbranched alkanes of at least 4 members (excludes halogenated alkanes) is 1. The Morgan fingerprint density at radius 3 is 2.22 bits per heavy atom. The van der Waals surface area contributed by atoms with Gasteiger partial charge in [-0.1, -0.05) is 53.7 Å². The molecule has 2 atom stereocenters. The van der Waals surface area contributed by atoms with E-state index in [2.05, 4.69) is 20.1 Å². The molecule has 0 rings (SSSR count). The first-order valence-electron chi connectivity index (χ1n) is 8.46. The number of carbonyl (C=O) groups is 2. The Morgan fingerprint density at radius 2 is 1.83 bits per heavy atom. The second kappa shape index (κ2) is 10.2. The van der Waals surface area contributed by atoms with Crippen LogP contribution in [0.5, 0.6) is 0 Å². The van der Waals surface area contributed by atoms with Crippen LogP contribution < -0.4 is 0 Å². The highest BCUT2D eigenvalue weighted by Gasteiger charge is 2.45. The lowest BCUT2D eigenvalue weighted by molar-refractivity contribution is -0.250. The zero-order valence-corrected chi connectivity index (χ0v) is 15.3. The summed E-state index contributed by atoms with van der Waals surface area (Å²) in [5.74, 6) is -2.23. The molecule has 0 aliphatic carbocycles. The molecule has 0 saturated carbocycles. The zero-order chi connectivity index (χ0) is 18.0. The normalized spacial score (nSPS) is 14.7. The van der Waals surface area contributed by atoms with Crippen LogP contribution in [0.4, 0.5) is 0 Å². The molecule has 4 heteroatoms. The summed E-state index contributed by atoms with van der Waals surface area (Å²) < 4.78 is 11.3. The summed E-state index contributed by atoms with van der Waals surface area (Å²) in [4.78, 5) is 24.1. The fourth-order valence-electron chi connectivity index (χ4n) is 2.65. The van der Waals surface area contributed by atoms with Crippen LogP contribution in [0, 0.1) is 11.8 Å². The summed E-state index contributed by atoms with van der Waals surface area (Å²) in [6.07, 6.45) is 5.14. The largest absolute Gasteiger partial charge is 0.419 e. The number of rotatable bonds is 11. The van der Waals surface area contributed by atoms with Crippen molar-refractivity contribution >= 4 is 11.9 Å². The quantitative estimate of drug-likeness (QED) is 0.311. The minimum absolute atomic E-state index is 0.0583. The Labute approximate surface area is 140 Å². The van der Waals surface area contributed by atoms with Gasteiger partial charge < -0.3 is 9.47 Å². The van der Waals surface area contributed by atoms with E-state index in [1.54, 1.807) is 6.92 Å². The van der Waals surface area contributed by atoms with E-state index >= 15 is 0 Å². The van der Waals surface area contributed by atoms with Crippen LogP contribution in [0.25, 0.3) is 0 Å². The molecule has 23 heavy (non-hydrogen) atoms. The minimum Gasteiger partial charge on any atom is -0.419 e. The molecule has 0 amide bonds. The first kappa shape index (κ1) is 21.4. The van der Waals surface area contributed by atoms with E-state index in [0.717, 1.165) is 31.8 Å². The Hall–Kier alpha value is -1.58. The molecule has 0 aromatic heterocycles. The molecule has 0 aliphatic rings. The van der Waals surface area contributed by atoms with Gasteiger partial charge in [-0.25, -0.2) is 9.59 Å². The SMILES string of the molecule is C=CC(=O)OC(CC(C)C)(OC(=O)C(=C)C)C(CC)CCCC. The number of carbonyl (C=O) groups excluding carboxylic acids is 2. The Balaban J connectivity index is 5.76. The van der Waals surface area contributed by atoms with Crippen LogP contribution in [0.2, 0.25) is 0 Å². The lowest BCUT2D eigenvalue weighted by atomic mass is 9.84. The Bertz CT molecular complexity index is 425. The number of esters is 2. The molecule has 0 spiro atoms. The number of ether oxygens (including phenoxy) is 2. The molecule has 0 bridgehead atoms. The summed E-state index contributed by atoms with van der Waals surface area (Å²) in [7, 11) is 0. The smallest absolute Gasteiger partial charge is 0.336 e. The topological polar surface area (TPSA) is 52.6 Å². The van der Waals surface area contributed by atoms with Gasteiger partial charge in [0, 0.05) is 24.0 Å². The molecular formula is C19H32O4. The molecule has 132 valence electrons. The summed E-state index contributed by atoms with van der Waals surface area (Å²) in [6.45, 7) is 16.8. The predicted molar refractivity (Wildman–Crippen MR) is 92.7 cm³/mol. The lowest BCUT2D eigenvalue weighted by Gasteiger charge is -2.40. The maximum absolute atomic E-state index is 12.2. The van der Waals surface area contributed by atoms with Crippen molar-refractivity contribution in [3.8, 4) is 0 Å². The van der Waals surface area contributed by atoms with Crippen LogP contribution in [0.3, 0.4) is 0 Å². The van der Waals surface area contributed by atoms with Gasteiger partial charge >= 0.3 is 11.9 Å². The van der Waals surface area contributed by atoms with Crippen LogP contribution in [-0.2, 0) is 19.1 Å². The second-order valence-electron chi connectivity index (χ2n) is 6.45. The average molecular weight is 324 g/mol. The molecule has 0 radical (unpaired) electrons. The van der Waals surface area contributed by atoms with Crippen molar-refractivity contribution in [3.63, 3.8) is 0 Å². The van der Waals surface area contributed by atoms with E-state index in [4.69, 9.17) is 9.47 Å². The fourth-order valence-corrected chi connectivity index (χ4v) is 2.65. The lowest BCUT2D eigenvalue weighted by Crippen LogP contribution is -2.47. The van der Waals surface area contributed by atoms with E-state index < -0.39 is 17.7 Å². The van der Waals surface area contributed by atoms with Gasteiger partial charge in [-0.3, -0.25) is 0 Å². The number of hydrogen-bond acceptors (Lipinski definition) is 4. The monoisotopic (exact) mass is 324 g/mol. The van der Waals surface area contributed by atoms with Gasteiger partial charge in [0.2, 0.25) is 0 Å². The summed E-state index contributed by atoms with van der Waals surface area (Å²) in [5.41, 5.74) is 0.290. The molecule has 0 aromatic rings. The molecule has 0 N–H and O–H groups in total. The summed E-state index contributed by atoms with van der Waals surface area (Å²) in [6, 6.07) is 0. The van der Waals surface area contributed by atoms with Crippen LogP contribution >= 0.6 is 0 Å². The molecule has 0 saturated heterocycles. The van der Waals surface area contributed by atoms with E-state index in [0.29, 0.717) is 6.42 Å². The Morgan fingerprint density at radius 1 is 1.22 bits per heavy atom. The summed E-state index contributed by atoms with van der Waals surface area (Å²) in [5, 5.41) is 0. The highest BCUT2D eigenvalue weighted by Crippen LogP contribution is 2.37. The molecule has 2 unspecified atom stereocenters. The number of hydrogen-bond donors (Lipinski definition) is 0. The third-order valence-corrected chi connectivity index (χ3v) is 3.77. The van der Waals surface area contributed by atoms with Crippen LogP contribution in [0.1, 0.15) is 66.7 Å². The van der Waals surface area contributed by atoms with Gasteiger partial charge in [0.25, 0.3) is 5.79 Å². The third-order valence-electron chi connectivity index (χ3n) is 3.77. The van der Waals surface area contributed by atoms with Crippen molar-refractivity contribution in [1.82, 2.24) is 0 Å². The van der Waals surface area contributed by atoms with Crippen molar-refractivity contribution in [2.24, 2.45) is 11.8 Å². The Kier molecular flexibility index (Phi) is 9.54. The van der Waals surface area contributed by atoms with Crippen molar-refractivity contribution in [2.45, 2.75) is 72.5 Å². The van der Waals surface area contributed by atoms with Gasteiger partial charge in [0.05, 0.1) is 0 Å². The van der Waals surface area contributed by atoms with Crippen molar-refractivity contribution in [2.75, 3.05) is 0 Å². The van der Waals surface area contributed by atoms with Gasteiger partial charge in [-0.05, 0) is 25.7 Å². The van der Waals surface area contributed by atoms with Crippen LogP contribution in [-0.4, -0.2) is 17.7 Å². The van der Waals surface area contributed by atoms with E-state index in [9.17, 15) is 9.59 Å².